The zero-order valence-corrected chi connectivity index (χ0v) is 16.2. The second-order valence-corrected chi connectivity index (χ2v) is 8.84. The molecule has 6 heteroatoms. The number of hydrogen-bond acceptors (Lipinski definition) is 5. The van der Waals surface area contributed by atoms with Crippen molar-refractivity contribution in [3.63, 3.8) is 0 Å². The lowest BCUT2D eigenvalue weighted by atomic mass is 9.99. The molecule has 5 nitrogen and oxygen atoms in total. The van der Waals surface area contributed by atoms with E-state index in [1.165, 1.54) is 5.56 Å². The maximum atomic E-state index is 11.0. The van der Waals surface area contributed by atoms with Gasteiger partial charge in [-0.05, 0) is 57.7 Å². The van der Waals surface area contributed by atoms with Gasteiger partial charge in [0.1, 0.15) is 11.9 Å². The summed E-state index contributed by atoms with van der Waals surface area (Å²) >= 11 is -1.56. The Morgan fingerprint density at radius 1 is 1.12 bits per heavy atom. The van der Waals surface area contributed by atoms with Gasteiger partial charge in [0.25, 0.3) is 0 Å². The molecule has 3 rings (SSSR count). The molecule has 1 aromatic rings. The van der Waals surface area contributed by atoms with E-state index in [9.17, 15) is 4.21 Å². The van der Waals surface area contributed by atoms with Gasteiger partial charge in [-0.15, -0.1) is 0 Å². The Hall–Kier alpha value is -0.950. The van der Waals surface area contributed by atoms with Gasteiger partial charge in [-0.3, -0.25) is 13.3 Å². The highest BCUT2D eigenvalue weighted by molar-refractivity contribution is 7.75. The molecule has 25 heavy (non-hydrogen) atoms. The zero-order valence-electron chi connectivity index (χ0n) is 15.4. The molecule has 0 saturated carbocycles. The third-order valence-corrected chi connectivity index (χ3v) is 5.60. The van der Waals surface area contributed by atoms with E-state index >= 15 is 0 Å². The molecular weight excluding hydrogens is 338 g/mol. The number of ether oxygens (including phenoxy) is 1. The fourth-order valence-electron chi connectivity index (χ4n) is 3.38. The average molecular weight is 368 g/mol. The van der Waals surface area contributed by atoms with Crippen molar-refractivity contribution >= 4 is 11.4 Å². The fourth-order valence-corrected chi connectivity index (χ4v) is 4.05. The number of piperidine rings is 1. The summed E-state index contributed by atoms with van der Waals surface area (Å²) in [5.74, 6) is 1.20. The van der Waals surface area contributed by atoms with Crippen LogP contribution >= 0.6 is 0 Å². The normalized spacial score (nSPS) is 26.5. The van der Waals surface area contributed by atoms with Gasteiger partial charge >= 0.3 is 11.4 Å². The predicted octanol–water partition coefficient (Wildman–Crippen LogP) is 3.11. The summed E-state index contributed by atoms with van der Waals surface area (Å²) in [5.41, 5.74) is 1.46. The molecule has 140 valence electrons. The largest absolute Gasteiger partial charge is 0.490 e. The molecule has 0 bridgehead atoms. The molecule has 0 radical (unpaired) electrons. The van der Waals surface area contributed by atoms with Crippen LogP contribution in [0.1, 0.15) is 39.2 Å². The van der Waals surface area contributed by atoms with Crippen LogP contribution < -0.4 is 4.74 Å². The van der Waals surface area contributed by atoms with Crippen LogP contribution in [0.25, 0.3) is 0 Å². The number of benzene rings is 1. The van der Waals surface area contributed by atoms with E-state index < -0.39 is 11.4 Å². The summed E-state index contributed by atoms with van der Waals surface area (Å²) in [6.07, 6.45) is 3.32. The lowest BCUT2D eigenvalue weighted by Crippen LogP contribution is -2.48. The van der Waals surface area contributed by atoms with Crippen molar-refractivity contribution < 1.29 is 17.3 Å². The minimum Gasteiger partial charge on any atom is -0.490 e. The highest BCUT2D eigenvalue weighted by Gasteiger charge is 2.27. The van der Waals surface area contributed by atoms with E-state index in [4.69, 9.17) is 13.1 Å². The van der Waals surface area contributed by atoms with Gasteiger partial charge in [-0.2, -0.15) is 4.21 Å². The molecule has 0 spiro atoms. The molecule has 0 aromatic heterocycles. The minimum atomic E-state index is -1.56. The van der Waals surface area contributed by atoms with E-state index in [1.54, 1.807) is 0 Å². The maximum absolute atomic E-state index is 11.0. The molecule has 0 atom stereocenters. The molecule has 1 aromatic carbocycles. The summed E-state index contributed by atoms with van der Waals surface area (Å²) in [5, 5.41) is 0. The fraction of sp³-hybridized carbons (Fsp3) is 0.684. The Bertz CT molecular complexity index is 566. The summed E-state index contributed by atoms with van der Waals surface area (Å²) in [7, 11) is 0. The molecule has 0 unspecified atom stereocenters. The monoisotopic (exact) mass is 367 g/mol. The lowest BCUT2D eigenvalue weighted by molar-refractivity contribution is 0.0491. The molecule has 2 aliphatic heterocycles. The van der Waals surface area contributed by atoms with Gasteiger partial charge < -0.3 is 4.74 Å². The van der Waals surface area contributed by atoms with E-state index in [2.05, 4.69) is 37.8 Å². The van der Waals surface area contributed by atoms with Crippen LogP contribution in [0, 0.1) is 5.92 Å². The molecular formula is C19H29NO4S. The van der Waals surface area contributed by atoms with Gasteiger partial charge in [0.05, 0.1) is 13.2 Å². The Morgan fingerprint density at radius 3 is 2.28 bits per heavy atom. The van der Waals surface area contributed by atoms with E-state index in [-0.39, 0.29) is 11.5 Å². The molecule has 2 fully saturated rings. The minimum absolute atomic E-state index is 0.242. The molecule has 2 aliphatic rings. The van der Waals surface area contributed by atoms with Crippen LogP contribution in [-0.2, 0) is 26.1 Å². The van der Waals surface area contributed by atoms with Crippen molar-refractivity contribution in [1.82, 2.24) is 4.90 Å². The molecule has 0 amide bonds. The zero-order chi connectivity index (χ0) is 17.9. The van der Waals surface area contributed by atoms with Crippen LogP contribution in [0.2, 0.25) is 0 Å². The van der Waals surface area contributed by atoms with E-state index in [0.29, 0.717) is 19.3 Å². The highest BCUT2D eigenvalue weighted by Crippen LogP contribution is 2.24. The quantitative estimate of drug-likeness (QED) is 0.818. The van der Waals surface area contributed by atoms with Crippen molar-refractivity contribution in [2.24, 2.45) is 5.92 Å². The smallest absolute Gasteiger partial charge is 0.304 e. The highest BCUT2D eigenvalue weighted by atomic mass is 32.2. The Balaban J connectivity index is 1.46. The molecule has 2 saturated heterocycles. The number of likely N-dealkylation sites (tertiary alicyclic amines) is 1. The Labute approximate surface area is 153 Å². The van der Waals surface area contributed by atoms with E-state index in [0.717, 1.165) is 38.1 Å². The van der Waals surface area contributed by atoms with Crippen LogP contribution in [0.15, 0.2) is 24.3 Å². The lowest BCUT2D eigenvalue weighted by Gasteiger charge is -2.40. The van der Waals surface area contributed by atoms with E-state index in [1.807, 2.05) is 12.1 Å². The summed E-state index contributed by atoms with van der Waals surface area (Å²) in [6.45, 7) is 9.96. The van der Waals surface area contributed by atoms with Gasteiger partial charge in [-0.25, -0.2) is 0 Å². The predicted molar refractivity (Wildman–Crippen MR) is 98.7 cm³/mol. The number of rotatable bonds is 4. The summed E-state index contributed by atoms with van der Waals surface area (Å²) in [6, 6.07) is 8.30. The third-order valence-electron chi connectivity index (χ3n) is 4.94. The number of nitrogens with zero attached hydrogens (tertiary/aromatic N) is 1. The second-order valence-electron chi connectivity index (χ2n) is 7.96. The summed E-state index contributed by atoms with van der Waals surface area (Å²) in [4.78, 5) is 2.53. The third kappa shape index (κ3) is 5.51. The molecule has 0 aliphatic carbocycles. The standard InChI is InChI=1S/C19H29NO4S/c1-19(2,3)20-10-8-18(9-11-20)24-17-6-4-15(5-7-17)12-16-13-22-25(21)23-14-16/h4-7,16,18H,8-14H2,1-3H3. The first-order valence-corrected chi connectivity index (χ1v) is 10.1. The van der Waals surface area contributed by atoms with Crippen LogP contribution in [-0.4, -0.2) is 47.1 Å². The van der Waals surface area contributed by atoms with Crippen molar-refractivity contribution in [3.05, 3.63) is 29.8 Å². The first-order valence-electron chi connectivity index (χ1n) is 9.09. The van der Waals surface area contributed by atoms with Crippen molar-refractivity contribution in [2.75, 3.05) is 26.3 Å². The van der Waals surface area contributed by atoms with Crippen molar-refractivity contribution in [3.8, 4) is 5.75 Å². The summed E-state index contributed by atoms with van der Waals surface area (Å²) < 4.78 is 27.3. The van der Waals surface area contributed by atoms with Crippen LogP contribution in [0.5, 0.6) is 5.75 Å². The maximum Gasteiger partial charge on any atom is 0.304 e. The van der Waals surface area contributed by atoms with Crippen molar-refractivity contribution in [1.29, 1.82) is 0 Å². The van der Waals surface area contributed by atoms with Gasteiger partial charge in [-0.1, -0.05) is 12.1 Å². The van der Waals surface area contributed by atoms with Crippen LogP contribution in [0.4, 0.5) is 0 Å². The molecule has 0 N–H and O–H groups in total. The topological polar surface area (TPSA) is 48.0 Å². The second kappa shape index (κ2) is 8.16. The van der Waals surface area contributed by atoms with Gasteiger partial charge in [0.2, 0.25) is 0 Å². The van der Waals surface area contributed by atoms with Crippen LogP contribution in [0.3, 0.4) is 0 Å². The van der Waals surface area contributed by atoms with Gasteiger partial charge in [0, 0.05) is 24.5 Å². The first-order chi connectivity index (χ1) is 11.9. The average Bonchev–Trinajstić information content (AvgIpc) is 2.58. The Kier molecular flexibility index (Phi) is 6.15. The Morgan fingerprint density at radius 2 is 1.72 bits per heavy atom. The van der Waals surface area contributed by atoms with Crippen molar-refractivity contribution in [2.45, 2.75) is 51.7 Å². The molecule has 2 heterocycles. The number of hydrogen-bond donors (Lipinski definition) is 0. The SMILES string of the molecule is CC(C)(C)N1CCC(Oc2ccc(CC3COS(=O)OC3)cc2)CC1. The van der Waals surface area contributed by atoms with Gasteiger partial charge in [0.15, 0.2) is 0 Å². The first kappa shape index (κ1) is 18.8.